The zero-order valence-corrected chi connectivity index (χ0v) is 7.43. The van der Waals surface area contributed by atoms with Crippen LogP contribution in [0, 0.1) is 11.8 Å². The van der Waals surface area contributed by atoms with E-state index < -0.39 is 12.6 Å². The summed E-state index contributed by atoms with van der Waals surface area (Å²) in [5.74, 6) is 4.59. The Morgan fingerprint density at radius 3 is 2.21 bits per heavy atom. The lowest BCUT2D eigenvalue weighted by Crippen LogP contribution is -2.04. The molecule has 0 nitrogen and oxygen atoms in total. The van der Waals surface area contributed by atoms with Gasteiger partial charge in [-0.1, -0.05) is 42.2 Å². The summed E-state index contributed by atoms with van der Waals surface area (Å²) in [7, 11) is 0. The molecule has 0 N–H and O–H groups in total. The molecule has 1 aromatic carbocycles. The van der Waals surface area contributed by atoms with Gasteiger partial charge in [-0.2, -0.15) is 13.2 Å². The highest BCUT2D eigenvalue weighted by Crippen LogP contribution is 2.17. The van der Waals surface area contributed by atoms with E-state index in [4.69, 9.17) is 0 Å². The van der Waals surface area contributed by atoms with Crippen LogP contribution in [-0.2, 0) is 6.42 Å². The average molecular weight is 198 g/mol. The summed E-state index contributed by atoms with van der Waals surface area (Å²) >= 11 is 0. The Bertz CT molecular complexity index is 327. The Morgan fingerprint density at radius 2 is 1.64 bits per heavy atom. The molecule has 0 bridgehead atoms. The molecule has 0 radical (unpaired) electrons. The van der Waals surface area contributed by atoms with E-state index in [1.165, 1.54) is 0 Å². The second kappa shape index (κ2) is 4.71. The van der Waals surface area contributed by atoms with Gasteiger partial charge in [-0.15, -0.1) is 0 Å². The first kappa shape index (κ1) is 10.6. The normalized spacial score (nSPS) is 10.5. The molecule has 74 valence electrons. The zero-order chi connectivity index (χ0) is 10.4. The number of benzene rings is 1. The average Bonchev–Trinajstić information content (AvgIpc) is 2.13. The number of hydrogen-bond donors (Lipinski definition) is 0. The molecule has 1 aromatic rings. The van der Waals surface area contributed by atoms with Crippen molar-refractivity contribution in [2.24, 2.45) is 0 Å². The molecular weight excluding hydrogens is 189 g/mol. The van der Waals surface area contributed by atoms with E-state index in [0.29, 0.717) is 6.42 Å². The van der Waals surface area contributed by atoms with Crippen LogP contribution in [0.25, 0.3) is 0 Å². The summed E-state index contributed by atoms with van der Waals surface area (Å²) in [6.07, 6.45) is -4.83. The van der Waals surface area contributed by atoms with Crippen LogP contribution in [0.15, 0.2) is 30.3 Å². The highest BCUT2D eigenvalue weighted by molar-refractivity contribution is 5.20. The van der Waals surface area contributed by atoms with Gasteiger partial charge in [-0.25, -0.2) is 0 Å². The van der Waals surface area contributed by atoms with Crippen molar-refractivity contribution in [2.75, 3.05) is 0 Å². The SMILES string of the molecule is FC(F)(F)CC#CCc1ccccc1. The van der Waals surface area contributed by atoms with Crippen molar-refractivity contribution < 1.29 is 13.2 Å². The van der Waals surface area contributed by atoms with Crippen LogP contribution < -0.4 is 0 Å². The molecule has 0 atom stereocenters. The molecule has 0 aliphatic heterocycles. The number of hydrogen-bond acceptors (Lipinski definition) is 0. The summed E-state index contributed by atoms with van der Waals surface area (Å²) in [5.41, 5.74) is 0.933. The summed E-state index contributed by atoms with van der Waals surface area (Å²) in [5, 5.41) is 0. The third-order valence-electron chi connectivity index (χ3n) is 1.55. The van der Waals surface area contributed by atoms with Crippen molar-refractivity contribution in [2.45, 2.75) is 19.0 Å². The zero-order valence-electron chi connectivity index (χ0n) is 7.43. The summed E-state index contributed by atoms with van der Waals surface area (Å²) in [6.45, 7) is 0. The van der Waals surface area contributed by atoms with E-state index >= 15 is 0 Å². The van der Waals surface area contributed by atoms with E-state index in [1.807, 2.05) is 30.3 Å². The second-order valence-corrected chi connectivity index (χ2v) is 2.81. The molecule has 0 spiro atoms. The lowest BCUT2D eigenvalue weighted by atomic mass is 10.1. The molecule has 0 aliphatic carbocycles. The molecule has 3 heteroatoms. The minimum absolute atomic E-state index is 0.372. The molecule has 0 aliphatic rings. The van der Waals surface area contributed by atoms with Crippen molar-refractivity contribution in [3.05, 3.63) is 35.9 Å². The number of alkyl halides is 3. The van der Waals surface area contributed by atoms with Gasteiger partial charge in [-0.3, -0.25) is 0 Å². The highest BCUT2D eigenvalue weighted by Gasteiger charge is 2.24. The summed E-state index contributed by atoms with van der Waals surface area (Å²) in [6, 6.07) is 9.19. The van der Waals surface area contributed by atoms with Gasteiger partial charge >= 0.3 is 6.18 Å². The smallest absolute Gasteiger partial charge is 0.170 e. The molecule has 0 fully saturated rings. The minimum Gasteiger partial charge on any atom is -0.170 e. The van der Waals surface area contributed by atoms with Crippen LogP contribution in [0.5, 0.6) is 0 Å². The Balaban J connectivity index is 2.41. The first-order chi connectivity index (χ1) is 6.58. The van der Waals surface area contributed by atoms with Gasteiger partial charge in [0, 0.05) is 6.42 Å². The first-order valence-electron chi connectivity index (χ1n) is 4.14. The number of rotatable bonds is 1. The number of halogens is 3. The monoisotopic (exact) mass is 198 g/mol. The van der Waals surface area contributed by atoms with Crippen LogP contribution in [0.4, 0.5) is 13.2 Å². The van der Waals surface area contributed by atoms with Gasteiger partial charge in [0.2, 0.25) is 0 Å². The van der Waals surface area contributed by atoms with Crippen molar-refractivity contribution in [3.8, 4) is 11.8 Å². The molecule has 14 heavy (non-hydrogen) atoms. The summed E-state index contributed by atoms with van der Waals surface area (Å²) < 4.78 is 35.0. The van der Waals surface area contributed by atoms with Gasteiger partial charge in [0.15, 0.2) is 0 Å². The van der Waals surface area contributed by atoms with Gasteiger partial charge in [0.05, 0.1) is 0 Å². The Kier molecular flexibility index (Phi) is 3.58. The van der Waals surface area contributed by atoms with Crippen LogP contribution in [0.1, 0.15) is 12.0 Å². The van der Waals surface area contributed by atoms with Crippen LogP contribution in [0.3, 0.4) is 0 Å². The second-order valence-electron chi connectivity index (χ2n) is 2.81. The maximum Gasteiger partial charge on any atom is 0.399 e. The maximum absolute atomic E-state index is 11.7. The van der Waals surface area contributed by atoms with Crippen LogP contribution >= 0.6 is 0 Å². The largest absolute Gasteiger partial charge is 0.399 e. The van der Waals surface area contributed by atoms with Gasteiger partial charge in [-0.05, 0) is 5.56 Å². The predicted molar refractivity (Wildman–Crippen MR) is 48.6 cm³/mol. The molecular formula is C11H9F3. The van der Waals surface area contributed by atoms with Crippen molar-refractivity contribution >= 4 is 0 Å². The molecule has 0 amide bonds. The maximum atomic E-state index is 11.7. The minimum atomic E-state index is -4.18. The molecule has 0 aromatic heterocycles. The van der Waals surface area contributed by atoms with Crippen LogP contribution in [0.2, 0.25) is 0 Å². The van der Waals surface area contributed by atoms with Gasteiger partial charge < -0.3 is 0 Å². The van der Waals surface area contributed by atoms with Crippen molar-refractivity contribution in [3.63, 3.8) is 0 Å². The summed E-state index contributed by atoms with van der Waals surface area (Å²) in [4.78, 5) is 0. The topological polar surface area (TPSA) is 0 Å². The molecule has 0 saturated heterocycles. The van der Waals surface area contributed by atoms with Crippen molar-refractivity contribution in [1.82, 2.24) is 0 Å². The quantitative estimate of drug-likeness (QED) is 0.608. The fourth-order valence-electron chi connectivity index (χ4n) is 0.923. The van der Waals surface area contributed by atoms with Crippen LogP contribution in [-0.4, -0.2) is 6.18 Å². The van der Waals surface area contributed by atoms with E-state index in [2.05, 4.69) is 11.8 Å². The lowest BCUT2D eigenvalue weighted by Gasteiger charge is -1.97. The third-order valence-corrected chi connectivity index (χ3v) is 1.55. The van der Waals surface area contributed by atoms with E-state index in [1.54, 1.807) is 0 Å². The fourth-order valence-corrected chi connectivity index (χ4v) is 0.923. The molecule has 0 heterocycles. The van der Waals surface area contributed by atoms with E-state index in [0.717, 1.165) is 5.56 Å². The Morgan fingerprint density at radius 1 is 1.00 bits per heavy atom. The third kappa shape index (κ3) is 4.56. The first-order valence-corrected chi connectivity index (χ1v) is 4.14. The fraction of sp³-hybridized carbons (Fsp3) is 0.273. The van der Waals surface area contributed by atoms with E-state index in [9.17, 15) is 13.2 Å². The predicted octanol–water partition coefficient (Wildman–Crippen LogP) is 3.18. The highest BCUT2D eigenvalue weighted by atomic mass is 19.4. The molecule has 1 rings (SSSR count). The van der Waals surface area contributed by atoms with E-state index in [-0.39, 0.29) is 0 Å². The van der Waals surface area contributed by atoms with Crippen molar-refractivity contribution in [1.29, 1.82) is 0 Å². The van der Waals surface area contributed by atoms with Gasteiger partial charge in [0.1, 0.15) is 6.42 Å². The Hall–Kier alpha value is -1.43. The van der Waals surface area contributed by atoms with Gasteiger partial charge in [0.25, 0.3) is 0 Å². The molecule has 0 unspecified atom stereocenters. The molecule has 0 saturated carbocycles. The lowest BCUT2D eigenvalue weighted by molar-refractivity contribution is -0.123. The Labute approximate surface area is 80.8 Å². The standard InChI is InChI=1S/C11H9F3/c12-11(13,14)9-5-4-8-10-6-2-1-3-7-10/h1-3,6-7H,8-9H2.